The highest BCUT2D eigenvalue weighted by atomic mass is 15.1. The standard InChI is InChI=1S/C13H23N3/c1-10(14)12-7-6-11(8-15-12)16(5)9-13(2,3)4/h6-8,10H,9,14H2,1-5H3. The van der Waals surface area contributed by atoms with Crippen molar-refractivity contribution in [3.05, 3.63) is 24.0 Å². The monoisotopic (exact) mass is 221 g/mol. The molecule has 0 radical (unpaired) electrons. The zero-order valence-electron chi connectivity index (χ0n) is 11.0. The summed E-state index contributed by atoms with van der Waals surface area (Å²) in [4.78, 5) is 6.58. The second-order valence-electron chi connectivity index (χ2n) is 5.65. The third kappa shape index (κ3) is 3.81. The Morgan fingerprint density at radius 1 is 1.38 bits per heavy atom. The van der Waals surface area contributed by atoms with E-state index in [9.17, 15) is 0 Å². The van der Waals surface area contributed by atoms with Crippen LogP contribution in [0.3, 0.4) is 0 Å². The SMILES string of the molecule is CC(N)c1ccc(N(C)CC(C)(C)C)cn1. The summed E-state index contributed by atoms with van der Waals surface area (Å²) in [5.41, 5.74) is 8.13. The number of nitrogens with two attached hydrogens (primary N) is 1. The fraction of sp³-hybridized carbons (Fsp3) is 0.615. The van der Waals surface area contributed by atoms with Gasteiger partial charge >= 0.3 is 0 Å². The van der Waals surface area contributed by atoms with E-state index in [1.165, 1.54) is 0 Å². The number of aromatic nitrogens is 1. The molecule has 0 aliphatic rings. The first-order chi connectivity index (χ1) is 7.29. The van der Waals surface area contributed by atoms with E-state index in [2.05, 4.69) is 43.8 Å². The van der Waals surface area contributed by atoms with Gasteiger partial charge in [-0.15, -0.1) is 0 Å². The fourth-order valence-corrected chi connectivity index (χ4v) is 1.70. The summed E-state index contributed by atoms with van der Waals surface area (Å²) >= 11 is 0. The lowest BCUT2D eigenvalue weighted by Gasteiger charge is -2.28. The van der Waals surface area contributed by atoms with Crippen molar-refractivity contribution in [2.75, 3.05) is 18.5 Å². The number of pyridine rings is 1. The normalized spacial score (nSPS) is 13.6. The summed E-state index contributed by atoms with van der Waals surface area (Å²) in [6.45, 7) is 9.64. The predicted octanol–water partition coefficient (Wildman–Crippen LogP) is 2.58. The summed E-state index contributed by atoms with van der Waals surface area (Å²) < 4.78 is 0. The first-order valence-electron chi connectivity index (χ1n) is 5.72. The molecule has 0 aromatic carbocycles. The summed E-state index contributed by atoms with van der Waals surface area (Å²) in [6.07, 6.45) is 1.89. The van der Waals surface area contributed by atoms with Crippen LogP contribution in [-0.2, 0) is 0 Å². The van der Waals surface area contributed by atoms with Crippen LogP contribution in [0.2, 0.25) is 0 Å². The highest BCUT2D eigenvalue weighted by Crippen LogP contribution is 2.20. The van der Waals surface area contributed by atoms with E-state index in [0.717, 1.165) is 17.9 Å². The Hall–Kier alpha value is -1.09. The summed E-state index contributed by atoms with van der Waals surface area (Å²) in [5, 5.41) is 0. The van der Waals surface area contributed by atoms with E-state index >= 15 is 0 Å². The smallest absolute Gasteiger partial charge is 0.0569 e. The number of rotatable bonds is 3. The molecule has 1 unspecified atom stereocenters. The molecule has 1 rings (SSSR count). The van der Waals surface area contributed by atoms with Gasteiger partial charge in [-0.3, -0.25) is 4.98 Å². The third-order valence-corrected chi connectivity index (χ3v) is 2.39. The van der Waals surface area contributed by atoms with Crippen molar-refractivity contribution in [3.63, 3.8) is 0 Å². The Morgan fingerprint density at radius 3 is 2.38 bits per heavy atom. The molecular weight excluding hydrogens is 198 g/mol. The van der Waals surface area contributed by atoms with E-state index in [-0.39, 0.29) is 11.5 Å². The molecule has 0 aliphatic heterocycles. The third-order valence-electron chi connectivity index (χ3n) is 2.39. The molecule has 0 saturated heterocycles. The molecule has 0 aliphatic carbocycles. The maximum absolute atomic E-state index is 5.77. The zero-order valence-corrected chi connectivity index (χ0v) is 11.0. The van der Waals surface area contributed by atoms with Crippen LogP contribution in [0.25, 0.3) is 0 Å². The minimum Gasteiger partial charge on any atom is -0.373 e. The molecule has 16 heavy (non-hydrogen) atoms. The van der Waals surface area contributed by atoms with Crippen LogP contribution >= 0.6 is 0 Å². The quantitative estimate of drug-likeness (QED) is 0.853. The Balaban J connectivity index is 2.74. The van der Waals surface area contributed by atoms with Gasteiger partial charge in [0, 0.05) is 19.6 Å². The molecule has 1 heterocycles. The average Bonchev–Trinajstić information content (AvgIpc) is 2.15. The van der Waals surface area contributed by atoms with Gasteiger partial charge in [0.1, 0.15) is 0 Å². The number of hydrogen-bond donors (Lipinski definition) is 1. The molecule has 0 amide bonds. The van der Waals surface area contributed by atoms with Crippen molar-refractivity contribution in [1.29, 1.82) is 0 Å². The maximum Gasteiger partial charge on any atom is 0.0569 e. The molecular formula is C13H23N3. The molecule has 0 spiro atoms. The molecule has 0 saturated carbocycles. The van der Waals surface area contributed by atoms with Gasteiger partial charge < -0.3 is 10.6 Å². The second-order valence-corrected chi connectivity index (χ2v) is 5.65. The van der Waals surface area contributed by atoms with Crippen LogP contribution in [-0.4, -0.2) is 18.6 Å². The van der Waals surface area contributed by atoms with Crippen LogP contribution in [0, 0.1) is 5.41 Å². The van der Waals surface area contributed by atoms with Gasteiger partial charge in [0.2, 0.25) is 0 Å². The topological polar surface area (TPSA) is 42.1 Å². The van der Waals surface area contributed by atoms with Crippen molar-refractivity contribution in [3.8, 4) is 0 Å². The van der Waals surface area contributed by atoms with Gasteiger partial charge in [-0.25, -0.2) is 0 Å². The van der Waals surface area contributed by atoms with Crippen molar-refractivity contribution in [1.82, 2.24) is 4.98 Å². The molecule has 3 heteroatoms. The lowest BCUT2D eigenvalue weighted by Crippen LogP contribution is -2.29. The first-order valence-corrected chi connectivity index (χ1v) is 5.72. The minimum atomic E-state index is 0.00183. The van der Waals surface area contributed by atoms with Gasteiger partial charge in [0.15, 0.2) is 0 Å². The summed E-state index contributed by atoms with van der Waals surface area (Å²) in [6, 6.07) is 4.08. The van der Waals surface area contributed by atoms with Crippen molar-refractivity contribution >= 4 is 5.69 Å². The van der Waals surface area contributed by atoms with E-state index < -0.39 is 0 Å². The van der Waals surface area contributed by atoms with E-state index in [1.807, 2.05) is 19.2 Å². The van der Waals surface area contributed by atoms with Gasteiger partial charge in [0.05, 0.1) is 17.6 Å². The Morgan fingerprint density at radius 2 is 2.00 bits per heavy atom. The van der Waals surface area contributed by atoms with Crippen LogP contribution in [0.1, 0.15) is 39.4 Å². The first kappa shape index (κ1) is 13.0. The van der Waals surface area contributed by atoms with Gasteiger partial charge in [0.25, 0.3) is 0 Å². The summed E-state index contributed by atoms with van der Waals surface area (Å²) in [5.74, 6) is 0. The van der Waals surface area contributed by atoms with E-state index in [4.69, 9.17) is 5.73 Å². The number of anilines is 1. The molecule has 90 valence electrons. The van der Waals surface area contributed by atoms with Crippen LogP contribution in [0.5, 0.6) is 0 Å². The van der Waals surface area contributed by atoms with Crippen molar-refractivity contribution < 1.29 is 0 Å². The molecule has 0 fully saturated rings. The van der Waals surface area contributed by atoms with Crippen LogP contribution in [0.4, 0.5) is 5.69 Å². The van der Waals surface area contributed by atoms with Crippen molar-refractivity contribution in [2.24, 2.45) is 11.1 Å². The summed E-state index contributed by atoms with van der Waals surface area (Å²) in [7, 11) is 2.09. The number of hydrogen-bond acceptors (Lipinski definition) is 3. The number of nitrogens with zero attached hydrogens (tertiary/aromatic N) is 2. The highest BCUT2D eigenvalue weighted by Gasteiger charge is 2.14. The second kappa shape index (κ2) is 4.83. The van der Waals surface area contributed by atoms with Gasteiger partial charge in [-0.05, 0) is 24.5 Å². The van der Waals surface area contributed by atoms with Crippen LogP contribution in [0.15, 0.2) is 18.3 Å². The zero-order chi connectivity index (χ0) is 12.3. The lowest BCUT2D eigenvalue weighted by molar-refractivity contribution is 0.419. The Labute approximate surface area is 98.7 Å². The molecule has 1 atom stereocenters. The minimum absolute atomic E-state index is 0.00183. The van der Waals surface area contributed by atoms with Gasteiger partial charge in [-0.2, -0.15) is 0 Å². The molecule has 2 N–H and O–H groups in total. The molecule has 1 aromatic rings. The fourth-order valence-electron chi connectivity index (χ4n) is 1.70. The predicted molar refractivity (Wildman–Crippen MR) is 69.6 cm³/mol. The largest absolute Gasteiger partial charge is 0.373 e. The molecule has 3 nitrogen and oxygen atoms in total. The Kier molecular flexibility index (Phi) is 3.92. The van der Waals surface area contributed by atoms with E-state index in [1.54, 1.807) is 0 Å². The molecule has 0 bridgehead atoms. The van der Waals surface area contributed by atoms with Crippen molar-refractivity contribution in [2.45, 2.75) is 33.7 Å². The average molecular weight is 221 g/mol. The highest BCUT2D eigenvalue weighted by molar-refractivity contribution is 5.44. The van der Waals surface area contributed by atoms with Crippen LogP contribution < -0.4 is 10.6 Å². The van der Waals surface area contributed by atoms with E-state index in [0.29, 0.717) is 0 Å². The Bertz CT molecular complexity index is 322. The molecule has 1 aromatic heterocycles. The lowest BCUT2D eigenvalue weighted by atomic mass is 9.96. The van der Waals surface area contributed by atoms with Gasteiger partial charge in [-0.1, -0.05) is 20.8 Å². The maximum atomic E-state index is 5.77.